The highest BCUT2D eigenvalue weighted by Crippen LogP contribution is 2.23. The third kappa shape index (κ3) is 8.02. The average molecular weight is 508 g/mol. The van der Waals surface area contributed by atoms with Crippen molar-refractivity contribution in [1.82, 2.24) is 10.2 Å². The quantitative estimate of drug-likeness (QED) is 0.552. The predicted molar refractivity (Wildman–Crippen MR) is 137 cm³/mol. The Balaban J connectivity index is 2.45. The molecule has 9 heteroatoms. The van der Waals surface area contributed by atoms with Crippen molar-refractivity contribution in [1.29, 1.82) is 0 Å². The number of anilines is 1. The van der Waals surface area contributed by atoms with E-state index in [2.05, 4.69) is 5.32 Å². The minimum Gasteiger partial charge on any atom is -0.350 e. The second kappa shape index (κ2) is 11.2. The minimum atomic E-state index is -3.80. The summed E-state index contributed by atoms with van der Waals surface area (Å²) in [7, 11) is -3.80. The molecule has 186 valence electrons. The van der Waals surface area contributed by atoms with Gasteiger partial charge in [0, 0.05) is 17.1 Å². The summed E-state index contributed by atoms with van der Waals surface area (Å²) in [4.78, 5) is 28.2. The number of amides is 2. The molecule has 0 fully saturated rings. The molecule has 0 saturated carbocycles. The monoisotopic (exact) mass is 507 g/mol. The summed E-state index contributed by atoms with van der Waals surface area (Å²) in [5, 5.41) is 3.29. The van der Waals surface area contributed by atoms with Gasteiger partial charge in [0.2, 0.25) is 21.8 Å². The van der Waals surface area contributed by atoms with Gasteiger partial charge in [0.25, 0.3) is 0 Å². The number of halogens is 1. The van der Waals surface area contributed by atoms with Gasteiger partial charge in [-0.3, -0.25) is 13.9 Å². The molecule has 1 N–H and O–H groups in total. The molecule has 2 rings (SSSR count). The average Bonchev–Trinajstić information content (AvgIpc) is 2.71. The minimum absolute atomic E-state index is 0.169. The van der Waals surface area contributed by atoms with Crippen LogP contribution >= 0.6 is 11.6 Å². The second-order valence-electron chi connectivity index (χ2n) is 9.42. The van der Waals surface area contributed by atoms with Crippen LogP contribution in [0, 0.1) is 6.92 Å². The molecule has 2 aromatic rings. The molecule has 34 heavy (non-hydrogen) atoms. The maximum atomic E-state index is 13.6. The molecular weight excluding hydrogens is 474 g/mol. The maximum absolute atomic E-state index is 13.6. The van der Waals surface area contributed by atoms with Crippen LogP contribution in [-0.4, -0.2) is 49.5 Å². The Morgan fingerprint density at radius 2 is 1.71 bits per heavy atom. The lowest BCUT2D eigenvalue weighted by molar-refractivity contribution is -0.141. The Hall–Kier alpha value is -2.58. The van der Waals surface area contributed by atoms with Gasteiger partial charge >= 0.3 is 0 Å². The molecule has 0 aromatic heterocycles. The first-order valence-electron chi connectivity index (χ1n) is 11.1. The fourth-order valence-corrected chi connectivity index (χ4v) is 4.53. The van der Waals surface area contributed by atoms with E-state index in [4.69, 9.17) is 11.6 Å². The molecule has 0 aliphatic rings. The molecule has 0 unspecified atom stereocenters. The van der Waals surface area contributed by atoms with Crippen LogP contribution < -0.4 is 9.62 Å². The lowest BCUT2D eigenvalue weighted by Crippen LogP contribution is -2.55. The Morgan fingerprint density at radius 3 is 2.21 bits per heavy atom. The Labute approximate surface area is 208 Å². The first kappa shape index (κ1) is 27.7. The topological polar surface area (TPSA) is 86.8 Å². The van der Waals surface area contributed by atoms with Crippen LogP contribution in [0.3, 0.4) is 0 Å². The summed E-state index contributed by atoms with van der Waals surface area (Å²) in [5.41, 5.74) is 1.71. The third-order valence-corrected chi connectivity index (χ3v) is 6.51. The summed E-state index contributed by atoms with van der Waals surface area (Å²) in [6.45, 7) is 9.12. The van der Waals surface area contributed by atoms with Gasteiger partial charge in [-0.2, -0.15) is 0 Å². The number of carbonyl (C=O) groups excluding carboxylic acids is 2. The number of carbonyl (C=O) groups is 2. The van der Waals surface area contributed by atoms with Gasteiger partial charge in [0.15, 0.2) is 0 Å². The summed E-state index contributed by atoms with van der Waals surface area (Å²) < 4.78 is 26.2. The molecule has 0 spiro atoms. The Kier molecular flexibility index (Phi) is 9.14. The Bertz CT molecular complexity index is 1110. The molecule has 0 radical (unpaired) electrons. The van der Waals surface area contributed by atoms with Crippen molar-refractivity contribution in [2.75, 3.05) is 17.1 Å². The van der Waals surface area contributed by atoms with Crippen molar-refractivity contribution in [3.63, 3.8) is 0 Å². The number of nitrogens with zero attached hydrogens (tertiary/aromatic N) is 2. The molecule has 0 aliphatic heterocycles. The van der Waals surface area contributed by atoms with E-state index in [0.717, 1.165) is 21.7 Å². The fourth-order valence-electron chi connectivity index (χ4n) is 3.51. The molecule has 0 saturated heterocycles. The van der Waals surface area contributed by atoms with Crippen molar-refractivity contribution < 1.29 is 18.0 Å². The standard InChI is InChI=1S/C25H34ClN3O4S/c1-7-22(24(31)27-25(3,4)5)28(16-19-13-11-18(2)12-14-19)23(30)17-29(34(6,32)33)21-10-8-9-20(26)15-21/h8-15,22H,7,16-17H2,1-6H3,(H,27,31)/t22-/m0/s1. The fraction of sp³-hybridized carbons (Fsp3) is 0.440. The second-order valence-corrected chi connectivity index (χ2v) is 11.8. The van der Waals surface area contributed by atoms with Crippen molar-refractivity contribution in [3.8, 4) is 0 Å². The van der Waals surface area contributed by atoms with Crippen LogP contribution in [0.15, 0.2) is 48.5 Å². The first-order valence-corrected chi connectivity index (χ1v) is 13.3. The molecule has 0 bridgehead atoms. The third-order valence-electron chi connectivity index (χ3n) is 5.13. The van der Waals surface area contributed by atoms with E-state index >= 15 is 0 Å². The molecule has 0 aliphatic carbocycles. The zero-order valence-electron chi connectivity index (χ0n) is 20.6. The Morgan fingerprint density at radius 1 is 1.09 bits per heavy atom. The number of nitrogens with one attached hydrogen (secondary N) is 1. The number of hydrogen-bond acceptors (Lipinski definition) is 4. The van der Waals surface area contributed by atoms with Gasteiger partial charge in [-0.25, -0.2) is 8.42 Å². The highest BCUT2D eigenvalue weighted by molar-refractivity contribution is 7.92. The van der Waals surface area contributed by atoms with Crippen LogP contribution in [0.2, 0.25) is 5.02 Å². The van der Waals surface area contributed by atoms with E-state index < -0.39 is 34.1 Å². The van der Waals surface area contributed by atoms with Crippen molar-refractivity contribution >= 4 is 39.1 Å². The highest BCUT2D eigenvalue weighted by atomic mass is 35.5. The van der Waals surface area contributed by atoms with Crippen LogP contribution in [-0.2, 0) is 26.2 Å². The smallest absolute Gasteiger partial charge is 0.244 e. The van der Waals surface area contributed by atoms with Crippen molar-refractivity contribution in [2.45, 2.75) is 59.2 Å². The maximum Gasteiger partial charge on any atom is 0.244 e. The number of aryl methyl sites for hydroxylation is 1. The SMILES string of the molecule is CC[C@@H](C(=O)NC(C)(C)C)N(Cc1ccc(C)cc1)C(=O)CN(c1cccc(Cl)c1)S(C)(=O)=O. The van der Waals surface area contributed by atoms with Gasteiger partial charge < -0.3 is 10.2 Å². The van der Waals surface area contributed by atoms with Crippen molar-refractivity contribution in [2.24, 2.45) is 0 Å². The van der Waals surface area contributed by atoms with Crippen molar-refractivity contribution in [3.05, 3.63) is 64.7 Å². The van der Waals surface area contributed by atoms with E-state index in [-0.39, 0.29) is 18.1 Å². The molecule has 1 atom stereocenters. The van der Waals surface area contributed by atoms with Crippen LogP contribution in [0.4, 0.5) is 5.69 Å². The number of sulfonamides is 1. The number of benzene rings is 2. The zero-order valence-corrected chi connectivity index (χ0v) is 22.2. The van der Waals surface area contributed by atoms with E-state index in [9.17, 15) is 18.0 Å². The lowest BCUT2D eigenvalue weighted by atomic mass is 10.1. The number of hydrogen-bond donors (Lipinski definition) is 1. The van der Waals surface area contributed by atoms with Crippen LogP contribution in [0.5, 0.6) is 0 Å². The highest BCUT2D eigenvalue weighted by Gasteiger charge is 2.33. The normalized spacial score (nSPS) is 12.7. The van der Waals surface area contributed by atoms with Gasteiger partial charge in [0.05, 0.1) is 11.9 Å². The van der Waals surface area contributed by atoms with Gasteiger partial charge in [-0.05, 0) is 57.9 Å². The summed E-state index contributed by atoms with van der Waals surface area (Å²) >= 11 is 6.06. The van der Waals surface area contributed by atoms with E-state index in [1.165, 1.54) is 11.0 Å². The zero-order chi connectivity index (χ0) is 25.7. The van der Waals surface area contributed by atoms with Crippen LogP contribution in [0.25, 0.3) is 0 Å². The van der Waals surface area contributed by atoms with E-state index in [0.29, 0.717) is 11.4 Å². The summed E-state index contributed by atoms with van der Waals surface area (Å²) in [6, 6.07) is 13.2. The van der Waals surface area contributed by atoms with Gasteiger partial charge in [-0.1, -0.05) is 54.4 Å². The van der Waals surface area contributed by atoms with E-state index in [1.54, 1.807) is 18.2 Å². The molecule has 2 amide bonds. The molecule has 0 heterocycles. The molecular formula is C25H34ClN3O4S. The number of rotatable bonds is 9. The summed E-state index contributed by atoms with van der Waals surface area (Å²) in [5.74, 6) is -0.772. The predicted octanol–water partition coefficient (Wildman–Crippen LogP) is 4.14. The molecule has 2 aromatic carbocycles. The van der Waals surface area contributed by atoms with Gasteiger partial charge in [0.1, 0.15) is 12.6 Å². The first-order chi connectivity index (χ1) is 15.7. The van der Waals surface area contributed by atoms with Gasteiger partial charge in [-0.15, -0.1) is 0 Å². The lowest BCUT2D eigenvalue weighted by Gasteiger charge is -2.34. The molecule has 7 nitrogen and oxygen atoms in total. The largest absolute Gasteiger partial charge is 0.350 e. The van der Waals surface area contributed by atoms with E-state index in [1.807, 2.05) is 58.9 Å². The summed E-state index contributed by atoms with van der Waals surface area (Å²) in [6.07, 6.45) is 1.41. The van der Waals surface area contributed by atoms with Crippen LogP contribution in [0.1, 0.15) is 45.2 Å².